The summed E-state index contributed by atoms with van der Waals surface area (Å²) in [6.45, 7) is 7.09. The van der Waals surface area contributed by atoms with Crippen LogP contribution in [0.5, 0.6) is 0 Å². The van der Waals surface area contributed by atoms with Gasteiger partial charge in [-0.15, -0.1) is 0 Å². The van der Waals surface area contributed by atoms with Crippen molar-refractivity contribution in [1.82, 2.24) is 5.43 Å². The first-order valence-corrected chi connectivity index (χ1v) is 9.56. The number of hydrazone groups is 1. The SMILES string of the molecule is CCN(CC)c1ccc(/C=N/NCc2ccccc2-c2ccccc2)cc1. The minimum absolute atomic E-state index is 0.694. The molecule has 0 bridgehead atoms. The highest BCUT2D eigenvalue weighted by Gasteiger charge is 2.03. The average Bonchev–Trinajstić information content (AvgIpc) is 2.74. The van der Waals surface area contributed by atoms with Gasteiger partial charge in [-0.2, -0.15) is 5.10 Å². The van der Waals surface area contributed by atoms with Crippen molar-refractivity contribution >= 4 is 11.9 Å². The van der Waals surface area contributed by atoms with E-state index in [1.54, 1.807) is 0 Å². The summed E-state index contributed by atoms with van der Waals surface area (Å²) in [7, 11) is 0. The fourth-order valence-corrected chi connectivity index (χ4v) is 3.18. The molecule has 0 saturated carbocycles. The number of rotatable bonds is 8. The van der Waals surface area contributed by atoms with Crippen molar-refractivity contribution in [3.8, 4) is 11.1 Å². The molecule has 27 heavy (non-hydrogen) atoms. The van der Waals surface area contributed by atoms with E-state index in [1.165, 1.54) is 22.4 Å². The van der Waals surface area contributed by atoms with Crippen LogP contribution in [0.25, 0.3) is 11.1 Å². The lowest BCUT2D eigenvalue weighted by Gasteiger charge is -2.20. The molecule has 0 amide bonds. The fraction of sp³-hybridized carbons (Fsp3) is 0.208. The monoisotopic (exact) mass is 357 g/mol. The van der Waals surface area contributed by atoms with Crippen LogP contribution in [0.15, 0.2) is 84.0 Å². The van der Waals surface area contributed by atoms with E-state index in [-0.39, 0.29) is 0 Å². The van der Waals surface area contributed by atoms with Crippen LogP contribution in [0.2, 0.25) is 0 Å². The van der Waals surface area contributed by atoms with Crippen molar-refractivity contribution in [3.05, 3.63) is 90.0 Å². The molecule has 0 unspecified atom stereocenters. The van der Waals surface area contributed by atoms with Crippen molar-refractivity contribution in [2.24, 2.45) is 5.10 Å². The van der Waals surface area contributed by atoms with Crippen molar-refractivity contribution in [1.29, 1.82) is 0 Å². The number of benzene rings is 3. The van der Waals surface area contributed by atoms with Gasteiger partial charge in [0.05, 0.1) is 12.8 Å². The van der Waals surface area contributed by atoms with E-state index in [1.807, 2.05) is 12.3 Å². The van der Waals surface area contributed by atoms with E-state index >= 15 is 0 Å². The van der Waals surface area contributed by atoms with Crippen molar-refractivity contribution in [2.75, 3.05) is 18.0 Å². The van der Waals surface area contributed by atoms with Crippen LogP contribution < -0.4 is 10.3 Å². The number of hydrogen-bond acceptors (Lipinski definition) is 3. The summed E-state index contributed by atoms with van der Waals surface area (Å²) in [5.74, 6) is 0. The molecule has 0 aliphatic heterocycles. The van der Waals surface area contributed by atoms with E-state index in [4.69, 9.17) is 0 Å². The van der Waals surface area contributed by atoms with E-state index in [0.717, 1.165) is 18.7 Å². The van der Waals surface area contributed by atoms with Crippen molar-refractivity contribution in [3.63, 3.8) is 0 Å². The first-order chi connectivity index (χ1) is 13.3. The molecule has 0 atom stereocenters. The maximum absolute atomic E-state index is 4.40. The standard InChI is InChI=1S/C24H27N3/c1-3-27(4-2)23-16-14-20(15-17-23)18-25-26-19-22-12-8-9-13-24(22)21-10-6-5-7-11-21/h5-18,26H,3-4,19H2,1-2H3/b25-18+. The number of nitrogens with one attached hydrogen (secondary N) is 1. The molecule has 0 spiro atoms. The predicted octanol–water partition coefficient (Wildman–Crippen LogP) is 5.32. The van der Waals surface area contributed by atoms with Crippen LogP contribution in [-0.4, -0.2) is 19.3 Å². The molecule has 0 radical (unpaired) electrons. The quantitative estimate of drug-likeness (QED) is 0.436. The molecule has 0 aromatic heterocycles. The Bertz CT molecular complexity index is 850. The number of anilines is 1. The average molecular weight is 358 g/mol. The van der Waals surface area contributed by atoms with Crippen LogP contribution in [0.3, 0.4) is 0 Å². The summed E-state index contributed by atoms with van der Waals surface area (Å²) in [6, 6.07) is 27.4. The molecule has 3 nitrogen and oxygen atoms in total. The second-order valence-electron chi connectivity index (χ2n) is 6.38. The molecule has 0 aliphatic rings. The summed E-state index contributed by atoms with van der Waals surface area (Å²) in [5.41, 5.74) is 9.23. The molecule has 3 aromatic carbocycles. The Hall–Kier alpha value is -3.07. The highest BCUT2D eigenvalue weighted by atomic mass is 15.3. The third kappa shape index (κ3) is 4.98. The van der Waals surface area contributed by atoms with E-state index in [0.29, 0.717) is 6.54 Å². The molecule has 0 saturated heterocycles. The summed E-state index contributed by atoms with van der Waals surface area (Å²) < 4.78 is 0. The number of hydrogen-bond donors (Lipinski definition) is 1. The molecular formula is C24H27N3. The van der Waals surface area contributed by atoms with Gasteiger partial charge in [0.2, 0.25) is 0 Å². The van der Waals surface area contributed by atoms with Crippen LogP contribution in [-0.2, 0) is 6.54 Å². The van der Waals surface area contributed by atoms with Gasteiger partial charge in [-0.1, -0.05) is 66.7 Å². The third-order valence-electron chi connectivity index (χ3n) is 4.70. The maximum Gasteiger partial charge on any atom is 0.0586 e. The van der Waals surface area contributed by atoms with Crippen LogP contribution in [0.4, 0.5) is 5.69 Å². The Morgan fingerprint density at radius 3 is 2.19 bits per heavy atom. The van der Waals surface area contributed by atoms with E-state index in [2.05, 4.69) is 102 Å². The zero-order valence-corrected chi connectivity index (χ0v) is 16.1. The topological polar surface area (TPSA) is 27.6 Å². The molecule has 0 fully saturated rings. The smallest absolute Gasteiger partial charge is 0.0586 e. The van der Waals surface area contributed by atoms with Gasteiger partial charge >= 0.3 is 0 Å². The van der Waals surface area contributed by atoms with Gasteiger partial charge in [0.1, 0.15) is 0 Å². The summed E-state index contributed by atoms with van der Waals surface area (Å²) >= 11 is 0. The lowest BCUT2D eigenvalue weighted by atomic mass is 10.00. The molecule has 3 rings (SSSR count). The van der Waals surface area contributed by atoms with E-state index in [9.17, 15) is 0 Å². The minimum Gasteiger partial charge on any atom is -0.372 e. The number of nitrogens with zero attached hydrogens (tertiary/aromatic N) is 2. The lowest BCUT2D eigenvalue weighted by Crippen LogP contribution is -2.21. The van der Waals surface area contributed by atoms with E-state index < -0.39 is 0 Å². The van der Waals surface area contributed by atoms with Gasteiger partial charge in [-0.05, 0) is 48.2 Å². The van der Waals surface area contributed by atoms with Crippen molar-refractivity contribution < 1.29 is 0 Å². The molecule has 138 valence electrons. The first-order valence-electron chi connectivity index (χ1n) is 9.56. The summed E-state index contributed by atoms with van der Waals surface area (Å²) in [5, 5.41) is 4.40. The van der Waals surface area contributed by atoms with Gasteiger partial charge < -0.3 is 10.3 Å². The normalized spacial score (nSPS) is 10.9. The van der Waals surface area contributed by atoms with Crippen LogP contribution in [0.1, 0.15) is 25.0 Å². The fourth-order valence-electron chi connectivity index (χ4n) is 3.18. The summed E-state index contributed by atoms with van der Waals surface area (Å²) in [6.07, 6.45) is 1.87. The Kier molecular flexibility index (Phi) is 6.64. The van der Waals surface area contributed by atoms with Gasteiger partial charge in [0, 0.05) is 18.8 Å². The largest absolute Gasteiger partial charge is 0.372 e. The Morgan fingerprint density at radius 2 is 1.48 bits per heavy atom. The van der Waals surface area contributed by atoms with Crippen molar-refractivity contribution in [2.45, 2.75) is 20.4 Å². The maximum atomic E-state index is 4.40. The Morgan fingerprint density at radius 1 is 0.815 bits per heavy atom. The molecule has 3 aromatic rings. The van der Waals surface area contributed by atoms with Crippen LogP contribution in [0, 0.1) is 0 Å². The van der Waals surface area contributed by atoms with Gasteiger partial charge in [0.15, 0.2) is 0 Å². The third-order valence-corrected chi connectivity index (χ3v) is 4.70. The minimum atomic E-state index is 0.694. The van der Waals surface area contributed by atoms with Gasteiger partial charge in [0.25, 0.3) is 0 Å². The second kappa shape index (κ2) is 9.58. The van der Waals surface area contributed by atoms with Gasteiger partial charge in [-0.3, -0.25) is 0 Å². The molecule has 1 N–H and O–H groups in total. The molecule has 3 heteroatoms. The highest BCUT2D eigenvalue weighted by Crippen LogP contribution is 2.23. The highest BCUT2D eigenvalue weighted by molar-refractivity contribution is 5.80. The van der Waals surface area contributed by atoms with Crippen LogP contribution >= 0.6 is 0 Å². The van der Waals surface area contributed by atoms with Gasteiger partial charge in [-0.25, -0.2) is 0 Å². The zero-order valence-electron chi connectivity index (χ0n) is 16.1. The first kappa shape index (κ1) is 18.7. The summed E-state index contributed by atoms with van der Waals surface area (Å²) in [4.78, 5) is 2.33. The Balaban J connectivity index is 1.62. The predicted molar refractivity (Wildman–Crippen MR) is 116 cm³/mol. The zero-order chi connectivity index (χ0) is 18.9. The molecular weight excluding hydrogens is 330 g/mol. The lowest BCUT2D eigenvalue weighted by molar-refractivity contribution is 0.749. The second-order valence-corrected chi connectivity index (χ2v) is 6.38. The molecule has 0 aliphatic carbocycles. The molecule has 0 heterocycles. The Labute approximate surface area is 162 Å².